The van der Waals surface area contributed by atoms with Gasteiger partial charge in [0, 0.05) is 32.3 Å². The van der Waals surface area contributed by atoms with Crippen LogP contribution >= 0.6 is 0 Å². The Morgan fingerprint density at radius 3 is 2.78 bits per heavy atom. The van der Waals surface area contributed by atoms with Crippen LogP contribution in [0.25, 0.3) is 0 Å². The number of nitrogens with one attached hydrogen (secondary N) is 2. The number of carbonyl (C=O) groups excluding carboxylic acids is 3. The van der Waals surface area contributed by atoms with Crippen LogP contribution in [0.3, 0.4) is 0 Å². The Morgan fingerprint density at radius 1 is 1.39 bits per heavy atom. The second-order valence-corrected chi connectivity index (χ2v) is 5.50. The molecule has 2 N–H and O–H groups in total. The molecule has 23 heavy (non-hydrogen) atoms. The first-order chi connectivity index (χ1) is 10.9. The summed E-state index contributed by atoms with van der Waals surface area (Å²) in [6, 6.07) is 3.08. The van der Waals surface area contributed by atoms with E-state index >= 15 is 0 Å². The highest BCUT2D eigenvalue weighted by molar-refractivity contribution is 5.97. The molecule has 8 heteroatoms. The van der Waals surface area contributed by atoms with Gasteiger partial charge in [0.1, 0.15) is 5.82 Å². The van der Waals surface area contributed by atoms with Gasteiger partial charge >= 0.3 is 0 Å². The van der Waals surface area contributed by atoms with Crippen molar-refractivity contribution in [3.05, 3.63) is 23.9 Å². The quantitative estimate of drug-likeness (QED) is 0.817. The largest absolute Gasteiger partial charge is 0.362 e. The molecule has 0 saturated carbocycles. The minimum Gasteiger partial charge on any atom is -0.362 e. The number of rotatable bonds is 3. The zero-order valence-electron chi connectivity index (χ0n) is 13.4. The molecule has 1 aromatic heterocycles. The van der Waals surface area contributed by atoms with E-state index in [9.17, 15) is 14.4 Å². The van der Waals surface area contributed by atoms with Crippen LogP contribution in [0.15, 0.2) is 18.3 Å². The van der Waals surface area contributed by atoms with Crippen LogP contribution in [0.2, 0.25) is 0 Å². The molecule has 1 aliphatic rings. The fraction of sp³-hybridized carbons (Fsp3) is 0.467. The molecule has 0 unspecified atom stereocenters. The third-order valence-corrected chi connectivity index (χ3v) is 3.58. The van der Waals surface area contributed by atoms with E-state index in [0.29, 0.717) is 17.9 Å². The van der Waals surface area contributed by atoms with Crippen molar-refractivity contribution in [2.45, 2.75) is 19.4 Å². The number of amides is 3. The third-order valence-electron chi connectivity index (χ3n) is 3.58. The first-order valence-corrected chi connectivity index (χ1v) is 7.25. The minimum absolute atomic E-state index is 0.156. The van der Waals surface area contributed by atoms with Gasteiger partial charge in [-0.2, -0.15) is 0 Å². The summed E-state index contributed by atoms with van der Waals surface area (Å²) in [4.78, 5) is 41.2. The Kier molecular flexibility index (Phi) is 4.95. The van der Waals surface area contributed by atoms with Crippen LogP contribution < -0.4 is 10.6 Å². The minimum atomic E-state index is -1.07. The predicted octanol–water partition coefficient (Wildman–Crippen LogP) is 0.0171. The Balaban J connectivity index is 2.16. The van der Waals surface area contributed by atoms with Gasteiger partial charge in [-0.05, 0) is 19.1 Å². The standard InChI is InChI=1S/C15H20N4O4/c1-10(20)18-12-8-11(4-5-17-12)13(21)19-6-7-23-15(2,9-19)14(22)16-3/h4-5,8H,6-7,9H2,1-3H3,(H,16,22)(H,17,18,20)/t15-/m1/s1. The van der Waals surface area contributed by atoms with E-state index in [1.807, 2.05) is 0 Å². The number of likely N-dealkylation sites (N-methyl/N-ethyl adjacent to an activating group) is 1. The molecule has 0 bridgehead atoms. The van der Waals surface area contributed by atoms with E-state index in [4.69, 9.17) is 4.74 Å². The van der Waals surface area contributed by atoms with Crippen molar-refractivity contribution in [2.75, 3.05) is 32.1 Å². The molecule has 1 aromatic rings. The SMILES string of the molecule is CNC(=O)[C@@]1(C)CN(C(=O)c2ccnc(NC(C)=O)c2)CCO1. The fourth-order valence-electron chi connectivity index (χ4n) is 2.44. The van der Waals surface area contributed by atoms with Crippen molar-refractivity contribution >= 4 is 23.5 Å². The maximum atomic E-state index is 12.6. The highest BCUT2D eigenvalue weighted by Gasteiger charge is 2.40. The smallest absolute Gasteiger partial charge is 0.254 e. The fourth-order valence-corrected chi connectivity index (χ4v) is 2.44. The van der Waals surface area contributed by atoms with Gasteiger partial charge in [-0.15, -0.1) is 0 Å². The maximum Gasteiger partial charge on any atom is 0.254 e. The molecular weight excluding hydrogens is 300 g/mol. The van der Waals surface area contributed by atoms with Crippen molar-refractivity contribution in [1.29, 1.82) is 0 Å². The summed E-state index contributed by atoms with van der Waals surface area (Å²) < 4.78 is 5.54. The molecule has 0 aliphatic carbocycles. The van der Waals surface area contributed by atoms with E-state index in [0.717, 1.165) is 0 Å². The van der Waals surface area contributed by atoms with Gasteiger partial charge in [0.25, 0.3) is 11.8 Å². The second kappa shape index (κ2) is 6.74. The number of hydrogen-bond donors (Lipinski definition) is 2. The number of hydrogen-bond acceptors (Lipinski definition) is 5. The summed E-state index contributed by atoms with van der Waals surface area (Å²) >= 11 is 0. The van der Waals surface area contributed by atoms with Crippen molar-refractivity contribution in [2.24, 2.45) is 0 Å². The number of carbonyl (C=O) groups is 3. The average molecular weight is 320 g/mol. The molecule has 3 amide bonds. The van der Waals surface area contributed by atoms with Crippen molar-refractivity contribution in [1.82, 2.24) is 15.2 Å². The van der Waals surface area contributed by atoms with E-state index in [-0.39, 0.29) is 30.9 Å². The molecule has 1 fully saturated rings. The third kappa shape index (κ3) is 3.84. The molecule has 1 saturated heterocycles. The van der Waals surface area contributed by atoms with Gasteiger partial charge < -0.3 is 20.3 Å². The van der Waals surface area contributed by atoms with Crippen molar-refractivity contribution < 1.29 is 19.1 Å². The summed E-state index contributed by atoms with van der Waals surface area (Å²) in [6.07, 6.45) is 1.46. The van der Waals surface area contributed by atoms with Crippen LogP contribution in [0.1, 0.15) is 24.2 Å². The normalized spacial score (nSPS) is 20.7. The first-order valence-electron chi connectivity index (χ1n) is 7.25. The van der Waals surface area contributed by atoms with Gasteiger partial charge in [0.15, 0.2) is 5.60 Å². The molecule has 1 atom stereocenters. The molecule has 1 aliphatic heterocycles. The molecule has 0 aromatic carbocycles. The molecular formula is C15H20N4O4. The zero-order valence-corrected chi connectivity index (χ0v) is 13.4. The lowest BCUT2D eigenvalue weighted by Crippen LogP contribution is -2.58. The maximum absolute atomic E-state index is 12.6. The number of nitrogens with zero attached hydrogens (tertiary/aromatic N) is 2. The number of ether oxygens (including phenoxy) is 1. The Hall–Kier alpha value is -2.48. The topological polar surface area (TPSA) is 101 Å². The van der Waals surface area contributed by atoms with Crippen LogP contribution in [0, 0.1) is 0 Å². The van der Waals surface area contributed by atoms with E-state index in [1.165, 1.54) is 26.2 Å². The van der Waals surface area contributed by atoms with E-state index in [2.05, 4.69) is 15.6 Å². The number of anilines is 1. The first kappa shape index (κ1) is 16.9. The van der Waals surface area contributed by atoms with E-state index in [1.54, 1.807) is 17.9 Å². The molecule has 2 heterocycles. The number of aromatic nitrogens is 1. The van der Waals surface area contributed by atoms with Gasteiger partial charge in [-0.25, -0.2) is 4.98 Å². The summed E-state index contributed by atoms with van der Waals surface area (Å²) in [5.41, 5.74) is -0.680. The predicted molar refractivity (Wildman–Crippen MR) is 82.9 cm³/mol. The number of pyridine rings is 1. The van der Waals surface area contributed by atoms with Gasteiger partial charge in [-0.1, -0.05) is 0 Å². The zero-order chi connectivity index (χ0) is 17.0. The summed E-state index contributed by atoms with van der Waals surface area (Å²) in [5.74, 6) is -0.465. The van der Waals surface area contributed by atoms with Gasteiger partial charge in [0.05, 0.1) is 13.2 Å². The van der Waals surface area contributed by atoms with Crippen LogP contribution in [0.5, 0.6) is 0 Å². The van der Waals surface area contributed by atoms with Crippen LogP contribution in [-0.4, -0.2) is 60.0 Å². The van der Waals surface area contributed by atoms with Gasteiger partial charge in [-0.3, -0.25) is 14.4 Å². The average Bonchev–Trinajstić information content (AvgIpc) is 2.53. The molecule has 124 valence electrons. The van der Waals surface area contributed by atoms with Crippen molar-refractivity contribution in [3.8, 4) is 0 Å². The van der Waals surface area contributed by atoms with E-state index < -0.39 is 5.60 Å². The van der Waals surface area contributed by atoms with Crippen molar-refractivity contribution in [3.63, 3.8) is 0 Å². The lowest BCUT2D eigenvalue weighted by molar-refractivity contribution is -0.153. The number of morpholine rings is 1. The molecule has 0 spiro atoms. The summed E-state index contributed by atoms with van der Waals surface area (Å²) in [5, 5.41) is 5.08. The monoisotopic (exact) mass is 320 g/mol. The molecule has 0 radical (unpaired) electrons. The summed E-state index contributed by atoms with van der Waals surface area (Å²) in [7, 11) is 1.53. The van der Waals surface area contributed by atoms with Gasteiger partial charge in [0.2, 0.25) is 5.91 Å². The second-order valence-electron chi connectivity index (χ2n) is 5.50. The Bertz CT molecular complexity index is 634. The Labute approximate surface area is 134 Å². The molecule has 2 rings (SSSR count). The lowest BCUT2D eigenvalue weighted by Gasteiger charge is -2.39. The highest BCUT2D eigenvalue weighted by atomic mass is 16.5. The molecule has 8 nitrogen and oxygen atoms in total. The Morgan fingerprint density at radius 2 is 2.13 bits per heavy atom. The summed E-state index contributed by atoms with van der Waals surface area (Å²) in [6.45, 7) is 3.85. The highest BCUT2D eigenvalue weighted by Crippen LogP contribution is 2.20. The lowest BCUT2D eigenvalue weighted by atomic mass is 10.0. The van der Waals surface area contributed by atoms with Crippen LogP contribution in [0.4, 0.5) is 5.82 Å². The van der Waals surface area contributed by atoms with Crippen LogP contribution in [-0.2, 0) is 14.3 Å².